The van der Waals surface area contributed by atoms with Crippen molar-refractivity contribution in [3.8, 4) is 16.9 Å². The Morgan fingerprint density at radius 2 is 1.37 bits per heavy atom. The van der Waals surface area contributed by atoms with E-state index in [2.05, 4.69) is 16.0 Å². The van der Waals surface area contributed by atoms with E-state index in [1.54, 1.807) is 22.9 Å². The molecule has 0 saturated heterocycles. The van der Waals surface area contributed by atoms with Crippen LogP contribution in [0.5, 0.6) is 0 Å². The highest BCUT2D eigenvalue weighted by Crippen LogP contribution is 2.24. The van der Waals surface area contributed by atoms with E-state index in [4.69, 9.17) is 5.10 Å². The molecule has 1 heterocycles. The molecule has 4 rings (SSSR count). The highest BCUT2D eigenvalue weighted by atomic mass is 16.2. The zero-order valence-corrected chi connectivity index (χ0v) is 19.4. The van der Waals surface area contributed by atoms with E-state index in [1.165, 1.54) is 13.8 Å². The lowest BCUT2D eigenvalue weighted by Crippen LogP contribution is -2.23. The van der Waals surface area contributed by atoms with E-state index in [9.17, 15) is 14.4 Å². The largest absolute Gasteiger partial charge is 0.348 e. The van der Waals surface area contributed by atoms with Gasteiger partial charge in [0, 0.05) is 54.7 Å². The van der Waals surface area contributed by atoms with Crippen LogP contribution >= 0.6 is 0 Å². The summed E-state index contributed by atoms with van der Waals surface area (Å²) in [7, 11) is 0. The maximum Gasteiger partial charge on any atom is 0.251 e. The molecule has 3 aromatic carbocycles. The van der Waals surface area contributed by atoms with Crippen LogP contribution in [0.3, 0.4) is 0 Å². The van der Waals surface area contributed by atoms with Gasteiger partial charge in [-0.05, 0) is 30.3 Å². The predicted molar refractivity (Wildman–Crippen MR) is 135 cm³/mol. The van der Waals surface area contributed by atoms with Gasteiger partial charge in [0.15, 0.2) is 0 Å². The summed E-state index contributed by atoms with van der Waals surface area (Å²) in [6.07, 6.45) is 1.90. The molecule has 0 saturated carbocycles. The van der Waals surface area contributed by atoms with Crippen molar-refractivity contribution < 1.29 is 14.4 Å². The molecule has 0 atom stereocenters. The number of carbonyl (C=O) groups excluding carboxylic acids is 3. The van der Waals surface area contributed by atoms with Gasteiger partial charge in [-0.3, -0.25) is 14.4 Å². The number of anilines is 2. The highest BCUT2D eigenvalue weighted by Gasteiger charge is 2.15. The van der Waals surface area contributed by atoms with Gasteiger partial charge in [-0.1, -0.05) is 48.5 Å². The van der Waals surface area contributed by atoms with E-state index in [0.717, 1.165) is 22.5 Å². The lowest BCUT2D eigenvalue weighted by Gasteiger charge is -2.11. The number of amides is 3. The number of carbonyl (C=O) groups is 3. The minimum atomic E-state index is -0.352. The second-order valence-corrected chi connectivity index (χ2v) is 7.99. The molecule has 0 spiro atoms. The summed E-state index contributed by atoms with van der Waals surface area (Å²) in [6.45, 7) is 2.98. The molecule has 3 N–H and O–H groups in total. The van der Waals surface area contributed by atoms with Crippen LogP contribution in [0.2, 0.25) is 0 Å². The fourth-order valence-corrected chi connectivity index (χ4v) is 3.68. The van der Waals surface area contributed by atoms with Crippen molar-refractivity contribution in [2.45, 2.75) is 20.4 Å². The van der Waals surface area contributed by atoms with Crippen LogP contribution in [0.15, 0.2) is 85.1 Å². The Bertz CT molecular complexity index is 1330. The van der Waals surface area contributed by atoms with Crippen LogP contribution in [0.4, 0.5) is 11.4 Å². The normalized spacial score (nSPS) is 10.5. The number of aromatic nitrogens is 2. The van der Waals surface area contributed by atoms with Gasteiger partial charge in [0.2, 0.25) is 11.8 Å². The molecule has 3 amide bonds. The van der Waals surface area contributed by atoms with Crippen molar-refractivity contribution in [2.75, 3.05) is 10.6 Å². The van der Waals surface area contributed by atoms with Crippen molar-refractivity contribution in [3.05, 3.63) is 96.2 Å². The lowest BCUT2D eigenvalue weighted by molar-refractivity contribution is -0.115. The zero-order chi connectivity index (χ0) is 24.8. The van der Waals surface area contributed by atoms with Crippen LogP contribution < -0.4 is 16.0 Å². The molecular weight excluding hydrogens is 442 g/mol. The van der Waals surface area contributed by atoms with Gasteiger partial charge in [-0.15, -0.1) is 0 Å². The Hall–Kier alpha value is -4.72. The smallest absolute Gasteiger partial charge is 0.251 e. The summed E-state index contributed by atoms with van der Waals surface area (Å²) in [4.78, 5) is 36.1. The number of rotatable bonds is 7. The number of para-hydroxylation sites is 1. The van der Waals surface area contributed by atoms with Crippen LogP contribution in [0.1, 0.15) is 29.8 Å². The summed E-state index contributed by atoms with van der Waals surface area (Å²) in [5, 5.41) is 13.0. The van der Waals surface area contributed by atoms with E-state index < -0.39 is 0 Å². The fraction of sp³-hybridized carbons (Fsp3) is 0.111. The van der Waals surface area contributed by atoms with Crippen LogP contribution in [-0.2, 0) is 16.1 Å². The van der Waals surface area contributed by atoms with Crippen molar-refractivity contribution in [1.82, 2.24) is 15.1 Å². The van der Waals surface area contributed by atoms with Gasteiger partial charge in [-0.25, -0.2) is 4.68 Å². The maximum absolute atomic E-state index is 13.1. The molecule has 8 heteroatoms. The lowest BCUT2D eigenvalue weighted by atomic mass is 10.1. The average molecular weight is 468 g/mol. The summed E-state index contributed by atoms with van der Waals surface area (Å²) in [5.41, 5.74) is 4.58. The molecule has 0 bridgehead atoms. The second-order valence-electron chi connectivity index (χ2n) is 7.99. The first-order chi connectivity index (χ1) is 16.9. The molecular formula is C27H25N5O3. The van der Waals surface area contributed by atoms with Gasteiger partial charge >= 0.3 is 0 Å². The van der Waals surface area contributed by atoms with Gasteiger partial charge in [-0.2, -0.15) is 5.10 Å². The third-order valence-corrected chi connectivity index (χ3v) is 5.13. The van der Waals surface area contributed by atoms with Crippen molar-refractivity contribution >= 4 is 29.1 Å². The Labute approximate surface area is 203 Å². The predicted octanol–water partition coefficient (Wildman–Crippen LogP) is 4.39. The number of benzene rings is 3. The molecule has 4 aromatic rings. The fourth-order valence-electron chi connectivity index (χ4n) is 3.68. The summed E-state index contributed by atoms with van der Waals surface area (Å²) in [6, 6.07) is 24.2. The summed E-state index contributed by atoms with van der Waals surface area (Å²) < 4.78 is 1.79. The Kier molecular flexibility index (Phi) is 7.02. The van der Waals surface area contributed by atoms with Crippen LogP contribution in [-0.4, -0.2) is 27.5 Å². The SMILES string of the molecule is CC(=O)Nc1cc(NC(C)=O)cc(C(=O)NCc2cn(-c3ccccc3)nc2-c2ccccc2)c1. The van der Waals surface area contributed by atoms with E-state index >= 15 is 0 Å². The molecule has 35 heavy (non-hydrogen) atoms. The van der Waals surface area contributed by atoms with Crippen molar-refractivity contribution in [1.29, 1.82) is 0 Å². The first-order valence-corrected chi connectivity index (χ1v) is 11.1. The second kappa shape index (κ2) is 10.5. The molecule has 0 fully saturated rings. The molecule has 0 unspecified atom stereocenters. The first-order valence-electron chi connectivity index (χ1n) is 11.1. The summed E-state index contributed by atoms with van der Waals surface area (Å²) in [5.74, 6) is -0.912. The molecule has 0 aliphatic carbocycles. The van der Waals surface area contributed by atoms with Gasteiger partial charge in [0.05, 0.1) is 11.4 Å². The van der Waals surface area contributed by atoms with Gasteiger partial charge in [0.25, 0.3) is 5.91 Å². The van der Waals surface area contributed by atoms with Gasteiger partial charge in [0.1, 0.15) is 0 Å². The number of hydrogen-bond donors (Lipinski definition) is 3. The quantitative estimate of drug-likeness (QED) is 0.375. The molecule has 176 valence electrons. The van der Waals surface area contributed by atoms with E-state index in [-0.39, 0.29) is 24.3 Å². The number of nitrogens with one attached hydrogen (secondary N) is 3. The molecule has 1 aromatic heterocycles. The van der Waals surface area contributed by atoms with Gasteiger partial charge < -0.3 is 16.0 Å². The molecule has 0 aliphatic heterocycles. The zero-order valence-electron chi connectivity index (χ0n) is 19.4. The number of hydrogen-bond acceptors (Lipinski definition) is 4. The van der Waals surface area contributed by atoms with Crippen LogP contribution in [0.25, 0.3) is 16.9 Å². The third-order valence-electron chi connectivity index (χ3n) is 5.13. The summed E-state index contributed by atoms with van der Waals surface area (Å²) >= 11 is 0. The van der Waals surface area contributed by atoms with E-state index in [0.29, 0.717) is 16.9 Å². The first kappa shape index (κ1) is 23.4. The topological polar surface area (TPSA) is 105 Å². The Balaban J connectivity index is 1.61. The average Bonchev–Trinajstić information content (AvgIpc) is 3.27. The third kappa shape index (κ3) is 6.00. The molecule has 8 nitrogen and oxygen atoms in total. The Morgan fingerprint density at radius 3 is 1.94 bits per heavy atom. The maximum atomic E-state index is 13.1. The highest BCUT2D eigenvalue weighted by molar-refractivity contribution is 6.00. The molecule has 0 aliphatic rings. The monoisotopic (exact) mass is 467 g/mol. The molecule has 0 radical (unpaired) electrons. The minimum Gasteiger partial charge on any atom is -0.348 e. The van der Waals surface area contributed by atoms with Crippen molar-refractivity contribution in [2.24, 2.45) is 0 Å². The standard InChI is InChI=1S/C27H25N5O3/c1-18(33)29-23-13-21(14-24(15-23)30-19(2)34)27(35)28-16-22-17-32(25-11-7-4-8-12-25)31-26(22)20-9-5-3-6-10-20/h3-15,17H,16H2,1-2H3,(H,28,35)(H,29,33)(H,30,34). The Morgan fingerprint density at radius 1 is 0.800 bits per heavy atom. The number of nitrogens with zero attached hydrogens (tertiary/aromatic N) is 2. The van der Waals surface area contributed by atoms with Crippen LogP contribution in [0, 0.1) is 0 Å². The van der Waals surface area contributed by atoms with Crippen molar-refractivity contribution in [3.63, 3.8) is 0 Å². The minimum absolute atomic E-state index is 0.232. The van der Waals surface area contributed by atoms with E-state index in [1.807, 2.05) is 66.9 Å².